The third-order valence-electron chi connectivity index (χ3n) is 4.44. The summed E-state index contributed by atoms with van der Waals surface area (Å²) in [6.45, 7) is 5.69. The van der Waals surface area contributed by atoms with Gasteiger partial charge in [0.2, 0.25) is 11.7 Å². The van der Waals surface area contributed by atoms with Gasteiger partial charge in [-0.15, -0.1) is 0 Å². The van der Waals surface area contributed by atoms with E-state index in [0.29, 0.717) is 17.5 Å². The highest BCUT2D eigenvalue weighted by atomic mass is 16.6. The highest BCUT2D eigenvalue weighted by molar-refractivity contribution is 5.78. The zero-order valence-electron chi connectivity index (χ0n) is 16.9. The molecule has 1 aromatic heterocycles. The number of rotatable bonds is 8. The third-order valence-corrected chi connectivity index (χ3v) is 4.44. The summed E-state index contributed by atoms with van der Waals surface area (Å²) in [6, 6.07) is 13.2. The number of amides is 1. The number of nitrogens with zero attached hydrogens (tertiary/aromatic N) is 4. The summed E-state index contributed by atoms with van der Waals surface area (Å²) in [5, 5.41) is 14.7. The quantitative estimate of drug-likeness (QED) is 0.410. The van der Waals surface area contributed by atoms with Gasteiger partial charge >= 0.3 is 0 Å². The summed E-state index contributed by atoms with van der Waals surface area (Å²) in [4.78, 5) is 28.8. The Kier molecular flexibility index (Phi) is 6.41. The minimum atomic E-state index is -0.495. The second kappa shape index (κ2) is 9.17. The molecule has 0 saturated carbocycles. The maximum Gasteiger partial charge on any atom is 0.269 e. The first-order chi connectivity index (χ1) is 14.3. The smallest absolute Gasteiger partial charge is 0.269 e. The Morgan fingerprint density at radius 2 is 1.83 bits per heavy atom. The molecule has 0 saturated heterocycles. The average Bonchev–Trinajstić information content (AvgIpc) is 3.19. The zero-order valence-corrected chi connectivity index (χ0v) is 16.9. The van der Waals surface area contributed by atoms with Crippen molar-refractivity contribution in [1.82, 2.24) is 15.0 Å². The van der Waals surface area contributed by atoms with Crippen molar-refractivity contribution in [2.75, 3.05) is 6.61 Å². The Morgan fingerprint density at radius 1 is 1.17 bits per heavy atom. The van der Waals surface area contributed by atoms with Crippen molar-refractivity contribution in [1.29, 1.82) is 0 Å². The topological polar surface area (TPSA) is 112 Å². The summed E-state index contributed by atoms with van der Waals surface area (Å²) in [6.07, 6.45) is 0. The van der Waals surface area contributed by atoms with Crippen molar-refractivity contribution in [3.8, 4) is 17.1 Å². The van der Waals surface area contributed by atoms with E-state index in [2.05, 4.69) is 10.1 Å². The molecule has 0 spiro atoms. The van der Waals surface area contributed by atoms with Gasteiger partial charge in [0.25, 0.3) is 11.6 Å². The van der Waals surface area contributed by atoms with Gasteiger partial charge in [0.1, 0.15) is 12.3 Å². The third kappa shape index (κ3) is 5.19. The lowest BCUT2D eigenvalue weighted by atomic mass is 10.1. The van der Waals surface area contributed by atoms with Gasteiger partial charge in [-0.2, -0.15) is 4.98 Å². The van der Waals surface area contributed by atoms with Crippen molar-refractivity contribution in [3.05, 3.63) is 70.1 Å². The van der Waals surface area contributed by atoms with E-state index < -0.39 is 4.92 Å². The average molecular weight is 410 g/mol. The van der Waals surface area contributed by atoms with E-state index in [-0.39, 0.29) is 30.8 Å². The minimum Gasteiger partial charge on any atom is -0.484 e. The lowest BCUT2D eigenvalue weighted by Gasteiger charge is -2.25. The van der Waals surface area contributed by atoms with Crippen molar-refractivity contribution in [3.63, 3.8) is 0 Å². The van der Waals surface area contributed by atoms with Crippen LogP contribution in [-0.2, 0) is 11.3 Å². The summed E-state index contributed by atoms with van der Waals surface area (Å²) in [7, 11) is 0. The maximum absolute atomic E-state index is 12.7. The summed E-state index contributed by atoms with van der Waals surface area (Å²) < 4.78 is 10.8. The molecule has 0 aliphatic rings. The van der Waals surface area contributed by atoms with E-state index in [9.17, 15) is 14.9 Å². The van der Waals surface area contributed by atoms with Crippen LogP contribution in [0.2, 0.25) is 0 Å². The van der Waals surface area contributed by atoms with Crippen molar-refractivity contribution < 1.29 is 19.0 Å². The fraction of sp³-hybridized carbons (Fsp3) is 0.286. The Morgan fingerprint density at radius 3 is 2.43 bits per heavy atom. The lowest BCUT2D eigenvalue weighted by Crippen LogP contribution is -2.39. The van der Waals surface area contributed by atoms with Crippen LogP contribution in [0.1, 0.15) is 25.3 Å². The second-order valence-corrected chi connectivity index (χ2v) is 7.03. The van der Waals surface area contributed by atoms with E-state index in [0.717, 1.165) is 11.1 Å². The molecular formula is C21H22N4O5. The molecule has 1 amide bonds. The van der Waals surface area contributed by atoms with Gasteiger partial charge in [-0.3, -0.25) is 14.9 Å². The maximum atomic E-state index is 12.7. The fourth-order valence-corrected chi connectivity index (χ4v) is 2.74. The first kappa shape index (κ1) is 21.0. The van der Waals surface area contributed by atoms with Crippen LogP contribution in [0.15, 0.2) is 53.1 Å². The van der Waals surface area contributed by atoms with Crippen LogP contribution in [0.3, 0.4) is 0 Å². The van der Waals surface area contributed by atoms with Gasteiger partial charge in [0.05, 0.1) is 4.92 Å². The second-order valence-electron chi connectivity index (χ2n) is 7.03. The van der Waals surface area contributed by atoms with Gasteiger partial charge in [-0.05, 0) is 32.9 Å². The van der Waals surface area contributed by atoms with E-state index in [4.69, 9.17) is 9.26 Å². The number of ether oxygens (including phenoxy) is 1. The lowest BCUT2D eigenvalue weighted by molar-refractivity contribution is -0.384. The van der Waals surface area contributed by atoms with Crippen LogP contribution in [0, 0.1) is 17.0 Å². The number of aryl methyl sites for hydroxylation is 1. The number of carbonyl (C=O) groups is 1. The molecule has 9 nitrogen and oxygen atoms in total. The van der Waals surface area contributed by atoms with Gasteiger partial charge in [0, 0.05) is 23.7 Å². The Hall–Kier alpha value is -3.75. The molecule has 9 heteroatoms. The first-order valence-corrected chi connectivity index (χ1v) is 9.40. The summed E-state index contributed by atoms with van der Waals surface area (Å²) in [5.74, 6) is 0.891. The first-order valence-electron chi connectivity index (χ1n) is 9.40. The van der Waals surface area contributed by atoms with Crippen molar-refractivity contribution in [2.24, 2.45) is 0 Å². The number of non-ortho nitro benzene ring substituents is 1. The van der Waals surface area contributed by atoms with E-state index >= 15 is 0 Å². The molecule has 0 fully saturated rings. The van der Waals surface area contributed by atoms with E-state index in [1.54, 1.807) is 4.90 Å². The van der Waals surface area contributed by atoms with Crippen LogP contribution in [0.5, 0.6) is 5.75 Å². The number of benzene rings is 2. The molecule has 0 aliphatic carbocycles. The Labute approximate surface area is 173 Å². The molecule has 156 valence electrons. The molecule has 3 rings (SSSR count). The van der Waals surface area contributed by atoms with Crippen LogP contribution >= 0.6 is 0 Å². The van der Waals surface area contributed by atoms with Crippen LogP contribution in [0.4, 0.5) is 5.69 Å². The Balaban J connectivity index is 1.63. The van der Waals surface area contributed by atoms with Crippen LogP contribution < -0.4 is 4.74 Å². The predicted molar refractivity (Wildman–Crippen MR) is 109 cm³/mol. The molecule has 0 aliphatic heterocycles. The standard InChI is InChI=1S/C21H22N4O5/c1-14(2)24(20(26)13-29-18-10-8-17(9-11-18)25(27)28)12-19-22-21(23-30-19)16-6-4-15(3)5-7-16/h4-11,14H,12-13H2,1-3H3. The van der Waals surface area contributed by atoms with Crippen LogP contribution in [-0.4, -0.2) is 38.5 Å². The van der Waals surface area contributed by atoms with Crippen molar-refractivity contribution in [2.45, 2.75) is 33.4 Å². The number of hydrogen-bond acceptors (Lipinski definition) is 7. The predicted octanol–water partition coefficient (Wildman–Crippen LogP) is 3.77. The fourth-order valence-electron chi connectivity index (χ4n) is 2.74. The van der Waals surface area contributed by atoms with E-state index in [1.807, 2.05) is 45.0 Å². The molecule has 2 aromatic carbocycles. The molecular weight excluding hydrogens is 388 g/mol. The normalized spacial score (nSPS) is 10.8. The number of carbonyl (C=O) groups excluding carboxylic acids is 1. The van der Waals surface area contributed by atoms with Gasteiger partial charge < -0.3 is 14.2 Å². The summed E-state index contributed by atoms with van der Waals surface area (Å²) >= 11 is 0. The van der Waals surface area contributed by atoms with Gasteiger partial charge in [-0.1, -0.05) is 35.0 Å². The van der Waals surface area contributed by atoms with Crippen molar-refractivity contribution >= 4 is 11.6 Å². The number of aromatic nitrogens is 2. The molecule has 1 heterocycles. The minimum absolute atomic E-state index is 0.0433. The zero-order chi connectivity index (χ0) is 21.7. The van der Waals surface area contributed by atoms with Gasteiger partial charge in [0.15, 0.2) is 6.61 Å². The molecule has 0 atom stereocenters. The molecule has 30 heavy (non-hydrogen) atoms. The molecule has 0 unspecified atom stereocenters. The SMILES string of the molecule is Cc1ccc(-c2noc(CN(C(=O)COc3ccc([N+](=O)[O-])cc3)C(C)C)n2)cc1. The van der Waals surface area contributed by atoms with Gasteiger partial charge in [-0.25, -0.2) is 0 Å². The molecule has 0 bridgehead atoms. The highest BCUT2D eigenvalue weighted by Crippen LogP contribution is 2.19. The molecule has 0 radical (unpaired) electrons. The number of nitro groups is 1. The molecule has 0 N–H and O–H groups in total. The highest BCUT2D eigenvalue weighted by Gasteiger charge is 2.21. The molecule has 3 aromatic rings. The number of nitro benzene ring substituents is 1. The number of hydrogen-bond donors (Lipinski definition) is 0. The monoisotopic (exact) mass is 410 g/mol. The van der Waals surface area contributed by atoms with Crippen LogP contribution in [0.25, 0.3) is 11.4 Å². The van der Waals surface area contributed by atoms with E-state index in [1.165, 1.54) is 24.3 Å². The summed E-state index contributed by atoms with van der Waals surface area (Å²) in [5.41, 5.74) is 1.92. The largest absolute Gasteiger partial charge is 0.484 e. The Bertz CT molecular complexity index is 1010.